The van der Waals surface area contributed by atoms with Gasteiger partial charge in [-0.2, -0.15) is 0 Å². The van der Waals surface area contributed by atoms with E-state index in [9.17, 15) is 0 Å². The van der Waals surface area contributed by atoms with Gasteiger partial charge in [-0.3, -0.25) is 4.98 Å². The molecular weight excluding hydrogens is 232 g/mol. The van der Waals surface area contributed by atoms with E-state index < -0.39 is 0 Å². The highest BCUT2D eigenvalue weighted by Gasteiger charge is 2.23. The molecule has 1 N–H and O–H groups in total. The van der Waals surface area contributed by atoms with Crippen LogP contribution in [-0.4, -0.2) is 11.0 Å². The predicted octanol–water partition coefficient (Wildman–Crippen LogP) is 4.34. The second-order valence-corrected chi connectivity index (χ2v) is 6.53. The van der Waals surface area contributed by atoms with Crippen LogP contribution in [0, 0.1) is 11.8 Å². The Labute approximate surface area is 118 Å². The van der Waals surface area contributed by atoms with Crippen LogP contribution in [0.1, 0.15) is 64.5 Å². The molecule has 2 rings (SSSR count). The molecule has 3 unspecified atom stereocenters. The first-order valence-corrected chi connectivity index (χ1v) is 7.81. The molecule has 0 spiro atoms. The SMILES string of the molecule is CC(C)CC1CCCC(NC(C)c2cccnc2)C1. The third-order valence-electron chi connectivity index (χ3n) is 4.26. The fraction of sp³-hybridized carbons (Fsp3) is 0.706. The Morgan fingerprint density at radius 3 is 2.84 bits per heavy atom. The lowest BCUT2D eigenvalue weighted by Crippen LogP contribution is -2.36. The zero-order valence-corrected chi connectivity index (χ0v) is 12.6. The molecular formula is C17H28N2. The van der Waals surface area contributed by atoms with Crippen molar-refractivity contribution in [2.75, 3.05) is 0 Å². The summed E-state index contributed by atoms with van der Waals surface area (Å²) in [6, 6.07) is 5.29. The first-order valence-electron chi connectivity index (χ1n) is 7.81. The van der Waals surface area contributed by atoms with Gasteiger partial charge in [-0.25, -0.2) is 0 Å². The molecule has 0 aliphatic heterocycles. The highest BCUT2D eigenvalue weighted by Crippen LogP contribution is 2.30. The smallest absolute Gasteiger partial charge is 0.0315 e. The summed E-state index contributed by atoms with van der Waals surface area (Å²) in [7, 11) is 0. The zero-order valence-electron chi connectivity index (χ0n) is 12.6. The lowest BCUT2D eigenvalue weighted by molar-refractivity contribution is 0.242. The molecule has 2 nitrogen and oxygen atoms in total. The standard InChI is InChI=1S/C17H28N2/c1-13(2)10-15-6-4-8-17(11-15)19-14(3)16-7-5-9-18-12-16/h5,7,9,12-15,17,19H,4,6,8,10-11H2,1-3H3. The Bertz CT molecular complexity index is 361. The van der Waals surface area contributed by atoms with E-state index in [1.807, 2.05) is 18.5 Å². The van der Waals surface area contributed by atoms with Gasteiger partial charge in [0, 0.05) is 24.5 Å². The van der Waals surface area contributed by atoms with Crippen LogP contribution >= 0.6 is 0 Å². The molecule has 106 valence electrons. The second kappa shape index (κ2) is 7.04. The van der Waals surface area contributed by atoms with Gasteiger partial charge in [-0.1, -0.05) is 32.8 Å². The Balaban J connectivity index is 1.85. The summed E-state index contributed by atoms with van der Waals surface area (Å²) in [5.41, 5.74) is 1.30. The average molecular weight is 260 g/mol. The summed E-state index contributed by atoms with van der Waals surface area (Å²) in [6.45, 7) is 6.94. The van der Waals surface area contributed by atoms with Crippen molar-refractivity contribution in [3.63, 3.8) is 0 Å². The fourth-order valence-corrected chi connectivity index (χ4v) is 3.41. The van der Waals surface area contributed by atoms with E-state index in [0.29, 0.717) is 12.1 Å². The highest BCUT2D eigenvalue weighted by atomic mass is 14.9. The van der Waals surface area contributed by atoms with E-state index in [-0.39, 0.29) is 0 Å². The molecule has 1 saturated carbocycles. The van der Waals surface area contributed by atoms with Gasteiger partial charge in [-0.15, -0.1) is 0 Å². The Morgan fingerprint density at radius 2 is 2.16 bits per heavy atom. The van der Waals surface area contributed by atoms with E-state index in [4.69, 9.17) is 0 Å². The van der Waals surface area contributed by atoms with Crippen LogP contribution in [0.2, 0.25) is 0 Å². The molecule has 0 aromatic carbocycles. The van der Waals surface area contributed by atoms with Crippen LogP contribution in [0.3, 0.4) is 0 Å². The average Bonchev–Trinajstić information content (AvgIpc) is 2.39. The summed E-state index contributed by atoms with van der Waals surface area (Å²) < 4.78 is 0. The summed E-state index contributed by atoms with van der Waals surface area (Å²) in [4.78, 5) is 4.21. The molecule has 0 amide bonds. The maximum Gasteiger partial charge on any atom is 0.0315 e. The normalized spacial score (nSPS) is 25.5. The summed E-state index contributed by atoms with van der Waals surface area (Å²) in [5, 5.41) is 3.80. The third-order valence-corrected chi connectivity index (χ3v) is 4.26. The molecule has 1 heterocycles. The Hall–Kier alpha value is -0.890. The number of hydrogen-bond acceptors (Lipinski definition) is 2. The van der Waals surface area contributed by atoms with E-state index in [1.165, 1.54) is 37.7 Å². The molecule has 0 bridgehead atoms. The van der Waals surface area contributed by atoms with Crippen LogP contribution in [0.25, 0.3) is 0 Å². The molecule has 1 fully saturated rings. The summed E-state index contributed by atoms with van der Waals surface area (Å²) in [5.74, 6) is 1.76. The quantitative estimate of drug-likeness (QED) is 0.852. The van der Waals surface area contributed by atoms with Gasteiger partial charge in [0.2, 0.25) is 0 Å². The van der Waals surface area contributed by atoms with Crippen LogP contribution < -0.4 is 5.32 Å². The maximum atomic E-state index is 4.21. The van der Waals surface area contributed by atoms with Crippen molar-refractivity contribution in [1.82, 2.24) is 10.3 Å². The molecule has 1 aromatic rings. The number of rotatable bonds is 5. The topological polar surface area (TPSA) is 24.9 Å². The minimum Gasteiger partial charge on any atom is -0.307 e. The van der Waals surface area contributed by atoms with Crippen molar-refractivity contribution in [2.45, 2.75) is 65.0 Å². The maximum absolute atomic E-state index is 4.21. The van der Waals surface area contributed by atoms with Crippen molar-refractivity contribution in [3.8, 4) is 0 Å². The number of hydrogen-bond donors (Lipinski definition) is 1. The minimum absolute atomic E-state index is 0.413. The van der Waals surface area contributed by atoms with Gasteiger partial charge < -0.3 is 5.32 Å². The molecule has 0 radical (unpaired) electrons. The van der Waals surface area contributed by atoms with Crippen molar-refractivity contribution in [3.05, 3.63) is 30.1 Å². The first-order chi connectivity index (χ1) is 9.15. The van der Waals surface area contributed by atoms with Gasteiger partial charge in [0.05, 0.1) is 0 Å². The molecule has 0 saturated heterocycles. The molecule has 3 atom stereocenters. The van der Waals surface area contributed by atoms with Crippen molar-refractivity contribution in [2.24, 2.45) is 11.8 Å². The molecule has 1 aromatic heterocycles. The predicted molar refractivity (Wildman–Crippen MR) is 81.0 cm³/mol. The van der Waals surface area contributed by atoms with Crippen LogP contribution in [0.5, 0.6) is 0 Å². The summed E-state index contributed by atoms with van der Waals surface area (Å²) in [6.07, 6.45) is 10.7. The zero-order chi connectivity index (χ0) is 13.7. The Morgan fingerprint density at radius 1 is 1.32 bits per heavy atom. The summed E-state index contributed by atoms with van der Waals surface area (Å²) >= 11 is 0. The van der Waals surface area contributed by atoms with Crippen molar-refractivity contribution in [1.29, 1.82) is 0 Å². The van der Waals surface area contributed by atoms with Gasteiger partial charge in [-0.05, 0) is 49.7 Å². The monoisotopic (exact) mass is 260 g/mol. The van der Waals surface area contributed by atoms with E-state index in [1.54, 1.807) is 0 Å². The number of aromatic nitrogens is 1. The van der Waals surface area contributed by atoms with Crippen molar-refractivity contribution >= 4 is 0 Å². The van der Waals surface area contributed by atoms with E-state index in [2.05, 4.69) is 37.1 Å². The van der Waals surface area contributed by atoms with Gasteiger partial charge in [0.1, 0.15) is 0 Å². The molecule has 19 heavy (non-hydrogen) atoms. The van der Waals surface area contributed by atoms with Gasteiger partial charge in [0.15, 0.2) is 0 Å². The number of nitrogens with one attached hydrogen (secondary N) is 1. The molecule has 1 aliphatic rings. The lowest BCUT2D eigenvalue weighted by atomic mass is 9.81. The second-order valence-electron chi connectivity index (χ2n) is 6.53. The number of nitrogens with zero attached hydrogens (tertiary/aromatic N) is 1. The van der Waals surface area contributed by atoms with E-state index in [0.717, 1.165) is 11.8 Å². The van der Waals surface area contributed by atoms with Crippen molar-refractivity contribution < 1.29 is 0 Å². The highest BCUT2D eigenvalue weighted by molar-refractivity contribution is 5.13. The minimum atomic E-state index is 0.413. The van der Waals surface area contributed by atoms with Gasteiger partial charge in [0.25, 0.3) is 0 Å². The number of pyridine rings is 1. The fourth-order valence-electron chi connectivity index (χ4n) is 3.41. The first kappa shape index (κ1) is 14.5. The van der Waals surface area contributed by atoms with Gasteiger partial charge >= 0.3 is 0 Å². The van der Waals surface area contributed by atoms with Crippen LogP contribution in [-0.2, 0) is 0 Å². The van der Waals surface area contributed by atoms with E-state index >= 15 is 0 Å². The largest absolute Gasteiger partial charge is 0.307 e. The Kier molecular flexibility index (Phi) is 5.38. The molecule has 1 aliphatic carbocycles. The molecule has 2 heteroatoms. The van der Waals surface area contributed by atoms with Crippen LogP contribution in [0.4, 0.5) is 0 Å². The van der Waals surface area contributed by atoms with Crippen LogP contribution in [0.15, 0.2) is 24.5 Å². The third kappa shape index (κ3) is 4.61. The lowest BCUT2D eigenvalue weighted by Gasteiger charge is -2.32.